The van der Waals surface area contributed by atoms with Crippen LogP contribution in [0.3, 0.4) is 0 Å². The Morgan fingerprint density at radius 1 is 0.350 bits per heavy atom. The molecule has 280 valence electrons. The zero-order chi connectivity index (χ0) is 39.3. The van der Waals surface area contributed by atoms with E-state index < -0.39 is 0 Å². The molecule has 0 aromatic heterocycles. The van der Waals surface area contributed by atoms with Crippen molar-refractivity contribution >= 4 is 49.9 Å². The van der Waals surface area contributed by atoms with Crippen molar-refractivity contribution in [3.8, 4) is 55.6 Å². The molecule has 13 rings (SSSR count). The van der Waals surface area contributed by atoms with Crippen LogP contribution in [0.4, 0.5) is 0 Å². The van der Waals surface area contributed by atoms with E-state index in [9.17, 15) is 0 Å². The van der Waals surface area contributed by atoms with E-state index in [4.69, 9.17) is 0 Å². The van der Waals surface area contributed by atoms with E-state index >= 15 is 0 Å². The van der Waals surface area contributed by atoms with Gasteiger partial charge in [-0.25, -0.2) is 0 Å². The molecule has 0 bridgehead atoms. The van der Waals surface area contributed by atoms with Crippen molar-refractivity contribution in [2.75, 3.05) is 0 Å². The van der Waals surface area contributed by atoms with E-state index in [1.54, 1.807) is 0 Å². The van der Waals surface area contributed by atoms with E-state index in [0.717, 1.165) is 25.7 Å². The van der Waals surface area contributed by atoms with Crippen molar-refractivity contribution in [2.45, 2.75) is 25.7 Å². The minimum Gasteiger partial charge on any atom is -0.0757 e. The van der Waals surface area contributed by atoms with E-state index in [2.05, 4.69) is 194 Å². The molecule has 0 unspecified atom stereocenters. The van der Waals surface area contributed by atoms with Crippen molar-refractivity contribution in [2.24, 2.45) is 0 Å². The minimum absolute atomic E-state index is 1.03. The van der Waals surface area contributed by atoms with Gasteiger partial charge in [-0.1, -0.05) is 188 Å². The second kappa shape index (κ2) is 13.1. The molecular weight excluding hydrogens is 721 g/mol. The van der Waals surface area contributed by atoms with Gasteiger partial charge in [0.1, 0.15) is 0 Å². The lowest BCUT2D eigenvalue weighted by molar-refractivity contribution is 1.06. The molecule has 0 spiro atoms. The fourth-order valence-corrected chi connectivity index (χ4v) is 11.3. The van der Waals surface area contributed by atoms with Crippen LogP contribution in [0.15, 0.2) is 188 Å². The second-order valence-electron chi connectivity index (χ2n) is 16.8. The lowest BCUT2D eigenvalue weighted by Gasteiger charge is -2.22. The van der Waals surface area contributed by atoms with Crippen LogP contribution in [0.1, 0.15) is 47.9 Å². The van der Waals surface area contributed by atoms with Crippen LogP contribution in [0.5, 0.6) is 0 Å². The van der Waals surface area contributed by atoms with Gasteiger partial charge in [-0.15, -0.1) is 0 Å². The smallest absolute Gasteiger partial charge is 0.00108 e. The number of hydrogen-bond donors (Lipinski definition) is 0. The SMILES string of the molecule is C1=C(c2ccc3c4c2=CCCC=4c2c-3c(-c3ccccc3)c3ccc(-c4ccccc4-c4ccccc4)cc3c2-c2ccccc2)CCC2=C1c1cccc3cccc2c13. The summed E-state index contributed by atoms with van der Waals surface area (Å²) in [5, 5.41) is 8.25. The first kappa shape index (κ1) is 33.7. The van der Waals surface area contributed by atoms with Crippen LogP contribution >= 0.6 is 0 Å². The van der Waals surface area contributed by atoms with Crippen molar-refractivity contribution < 1.29 is 0 Å². The van der Waals surface area contributed by atoms with Gasteiger partial charge in [0.15, 0.2) is 0 Å². The number of hydrogen-bond acceptors (Lipinski definition) is 0. The first-order chi connectivity index (χ1) is 29.8. The molecule has 0 aliphatic heterocycles. The normalized spacial score (nSPS) is 14.5. The van der Waals surface area contributed by atoms with Crippen LogP contribution in [-0.4, -0.2) is 0 Å². The quantitative estimate of drug-likeness (QED) is 0.164. The first-order valence-electron chi connectivity index (χ1n) is 21.5. The van der Waals surface area contributed by atoms with Gasteiger partial charge >= 0.3 is 0 Å². The summed E-state index contributed by atoms with van der Waals surface area (Å²) in [5.74, 6) is 0. The number of allylic oxidation sites excluding steroid dienone is 4. The lowest BCUT2D eigenvalue weighted by Crippen LogP contribution is -2.32. The monoisotopic (exact) mass is 760 g/mol. The molecule has 0 atom stereocenters. The predicted molar refractivity (Wildman–Crippen MR) is 255 cm³/mol. The van der Waals surface area contributed by atoms with Gasteiger partial charge in [0, 0.05) is 0 Å². The van der Waals surface area contributed by atoms with E-state index in [1.165, 1.54) is 132 Å². The Bertz CT molecular complexity index is 3480. The summed E-state index contributed by atoms with van der Waals surface area (Å²) >= 11 is 0. The average Bonchev–Trinajstić information content (AvgIpc) is 3.83. The number of fused-ring (bicyclic) bond motifs is 6. The van der Waals surface area contributed by atoms with Crippen molar-refractivity contribution in [3.63, 3.8) is 0 Å². The standard InChI is InChI=1S/C60H40/c1-4-15-37(16-5-1)43-23-10-11-24-44(43)42-30-32-50-54(36-42)57(40-19-8-3-9-20-40)59-51-28-14-27-47-45(33-34-52(58(47)51)60(59)56(50)39-17-6-2-7-18-39)41-29-31-46-48-25-12-21-38-22-13-26-49(55(38)48)53(46)35-41/h1-13,15-27,30,32-36H,14,28-29,31H2. The third-order valence-electron chi connectivity index (χ3n) is 13.8. The summed E-state index contributed by atoms with van der Waals surface area (Å²) in [7, 11) is 0. The third kappa shape index (κ3) is 4.85. The van der Waals surface area contributed by atoms with Crippen LogP contribution < -0.4 is 10.4 Å². The molecular formula is C60H40. The van der Waals surface area contributed by atoms with Crippen LogP contribution in [0.2, 0.25) is 0 Å². The van der Waals surface area contributed by atoms with Crippen molar-refractivity contribution in [1.29, 1.82) is 0 Å². The number of rotatable bonds is 5. The maximum Gasteiger partial charge on any atom is -0.00108 e. The van der Waals surface area contributed by atoms with Gasteiger partial charge in [-0.2, -0.15) is 0 Å². The molecule has 0 saturated carbocycles. The van der Waals surface area contributed by atoms with E-state index in [-0.39, 0.29) is 0 Å². The third-order valence-corrected chi connectivity index (χ3v) is 13.8. The molecule has 0 saturated heterocycles. The minimum atomic E-state index is 1.03. The molecule has 0 radical (unpaired) electrons. The maximum atomic E-state index is 2.56. The molecule has 0 fully saturated rings. The van der Waals surface area contributed by atoms with Gasteiger partial charge in [-0.05, 0) is 164 Å². The largest absolute Gasteiger partial charge is 0.0757 e. The zero-order valence-corrected chi connectivity index (χ0v) is 33.3. The van der Waals surface area contributed by atoms with Crippen LogP contribution in [0, 0.1) is 0 Å². The summed E-state index contributed by atoms with van der Waals surface area (Å²) in [6.45, 7) is 0. The molecule has 60 heavy (non-hydrogen) atoms. The van der Waals surface area contributed by atoms with Gasteiger partial charge in [0.05, 0.1) is 0 Å². The molecule has 0 heterocycles. The molecule has 4 aliphatic carbocycles. The average molecular weight is 761 g/mol. The molecule has 9 aromatic rings. The van der Waals surface area contributed by atoms with Gasteiger partial charge < -0.3 is 0 Å². The summed E-state index contributed by atoms with van der Waals surface area (Å²) < 4.78 is 0. The fourth-order valence-electron chi connectivity index (χ4n) is 11.3. The van der Waals surface area contributed by atoms with Crippen molar-refractivity contribution in [1.82, 2.24) is 0 Å². The van der Waals surface area contributed by atoms with Crippen LogP contribution in [0.25, 0.3) is 106 Å². The Labute approximate surface area is 350 Å². The lowest BCUT2D eigenvalue weighted by atomic mass is 9.80. The highest BCUT2D eigenvalue weighted by molar-refractivity contribution is 6.20. The van der Waals surface area contributed by atoms with Crippen molar-refractivity contribution in [3.05, 3.63) is 221 Å². The van der Waals surface area contributed by atoms with Gasteiger partial charge in [-0.3, -0.25) is 0 Å². The van der Waals surface area contributed by atoms with E-state index in [1.807, 2.05) is 0 Å². The maximum absolute atomic E-state index is 2.56. The summed E-state index contributed by atoms with van der Waals surface area (Å²) in [6, 6.07) is 68.0. The summed E-state index contributed by atoms with van der Waals surface area (Å²) in [6.07, 6.45) is 9.28. The zero-order valence-electron chi connectivity index (χ0n) is 33.3. The highest BCUT2D eigenvalue weighted by atomic mass is 14.4. The highest BCUT2D eigenvalue weighted by Crippen LogP contribution is 2.53. The van der Waals surface area contributed by atoms with Crippen LogP contribution in [-0.2, 0) is 0 Å². The highest BCUT2D eigenvalue weighted by Gasteiger charge is 2.33. The topological polar surface area (TPSA) is 0 Å². The molecule has 9 aromatic carbocycles. The summed E-state index contributed by atoms with van der Waals surface area (Å²) in [5.41, 5.74) is 24.5. The number of benzene rings is 9. The molecule has 0 heteroatoms. The van der Waals surface area contributed by atoms with E-state index in [0.29, 0.717) is 0 Å². The Morgan fingerprint density at radius 2 is 0.967 bits per heavy atom. The fraction of sp³-hybridized carbons (Fsp3) is 0.0667. The Morgan fingerprint density at radius 3 is 1.70 bits per heavy atom. The summed E-state index contributed by atoms with van der Waals surface area (Å²) in [4.78, 5) is 0. The van der Waals surface area contributed by atoms with Gasteiger partial charge in [0.25, 0.3) is 0 Å². The predicted octanol–water partition coefficient (Wildman–Crippen LogP) is 14.5. The second-order valence-corrected chi connectivity index (χ2v) is 16.8. The Hall–Kier alpha value is -7.28. The molecule has 0 nitrogen and oxygen atoms in total. The molecule has 0 amide bonds. The Kier molecular flexibility index (Phi) is 7.36. The first-order valence-corrected chi connectivity index (χ1v) is 21.5. The molecule has 0 N–H and O–H groups in total. The molecule has 4 aliphatic rings. The Balaban J connectivity index is 1.09. The van der Waals surface area contributed by atoms with Gasteiger partial charge in [0.2, 0.25) is 0 Å².